The van der Waals surface area contributed by atoms with Crippen LogP contribution in [-0.4, -0.2) is 4.57 Å². The molecule has 0 spiro atoms. The Morgan fingerprint density at radius 1 is 0.750 bits per heavy atom. The van der Waals surface area contributed by atoms with Crippen LogP contribution in [0.2, 0.25) is 0 Å². The van der Waals surface area contributed by atoms with Crippen molar-refractivity contribution in [2.24, 2.45) is 7.05 Å². The van der Waals surface area contributed by atoms with Crippen molar-refractivity contribution in [3.05, 3.63) is 108 Å². The Morgan fingerprint density at radius 3 is 2.06 bits per heavy atom. The fourth-order valence-electron chi connectivity index (χ4n) is 5.07. The zero-order valence-electron chi connectivity index (χ0n) is 22.6. The van der Waals surface area contributed by atoms with E-state index in [4.69, 9.17) is 0 Å². The van der Waals surface area contributed by atoms with E-state index in [1.165, 1.54) is 55.9 Å². The van der Waals surface area contributed by atoms with Crippen molar-refractivity contribution < 1.29 is 4.57 Å². The number of hydrogen-bond acceptors (Lipinski definition) is 0. The van der Waals surface area contributed by atoms with E-state index in [2.05, 4.69) is 149 Å². The maximum absolute atomic E-state index is 2.45. The van der Waals surface area contributed by atoms with Gasteiger partial charge in [0.25, 0.3) is 5.82 Å². The molecule has 0 unspecified atom stereocenters. The molecule has 36 heavy (non-hydrogen) atoms. The number of nitrogens with zero attached hydrogens (tertiary/aromatic N) is 2. The summed E-state index contributed by atoms with van der Waals surface area (Å²) in [5, 5.41) is 0. The van der Waals surface area contributed by atoms with Gasteiger partial charge in [-0.25, -0.2) is 4.57 Å². The van der Waals surface area contributed by atoms with Gasteiger partial charge < -0.3 is 0 Å². The maximum Gasteiger partial charge on any atom is 0.295 e. The third-order valence-corrected chi connectivity index (χ3v) is 7.38. The lowest BCUT2D eigenvalue weighted by Crippen LogP contribution is -2.30. The van der Waals surface area contributed by atoms with E-state index < -0.39 is 0 Å². The van der Waals surface area contributed by atoms with Gasteiger partial charge in [0.2, 0.25) is 0 Å². The highest BCUT2D eigenvalue weighted by Gasteiger charge is 2.29. The number of aromatic nitrogens is 2. The van der Waals surface area contributed by atoms with Crippen LogP contribution in [0.4, 0.5) is 0 Å². The van der Waals surface area contributed by atoms with Crippen molar-refractivity contribution in [2.45, 2.75) is 52.9 Å². The lowest BCUT2D eigenvalue weighted by atomic mass is 9.85. The molecule has 0 saturated heterocycles. The summed E-state index contributed by atoms with van der Waals surface area (Å²) < 4.78 is 4.81. The highest BCUT2D eigenvalue weighted by Crippen LogP contribution is 2.34. The highest BCUT2D eigenvalue weighted by molar-refractivity contribution is 5.81. The van der Waals surface area contributed by atoms with Crippen LogP contribution in [0.25, 0.3) is 39.2 Å². The molecule has 0 amide bonds. The molecular weight excluding hydrogens is 436 g/mol. The third kappa shape index (κ3) is 4.26. The average Bonchev–Trinajstić information content (AvgIpc) is 3.15. The summed E-state index contributed by atoms with van der Waals surface area (Å²) in [5.41, 5.74) is 11.5. The summed E-state index contributed by atoms with van der Waals surface area (Å²) >= 11 is 0. The van der Waals surface area contributed by atoms with Crippen LogP contribution < -0.4 is 4.57 Å². The lowest BCUT2D eigenvalue weighted by molar-refractivity contribution is -0.633. The molecule has 0 radical (unpaired) electrons. The third-order valence-electron chi connectivity index (χ3n) is 7.38. The zero-order valence-corrected chi connectivity index (χ0v) is 22.6. The molecule has 5 aromatic rings. The van der Waals surface area contributed by atoms with Crippen molar-refractivity contribution in [1.82, 2.24) is 4.57 Å². The molecule has 0 aliphatic carbocycles. The summed E-state index contributed by atoms with van der Waals surface area (Å²) in [6, 6.07) is 33.5. The Kier molecular flexibility index (Phi) is 6.08. The molecule has 0 fully saturated rings. The zero-order chi connectivity index (χ0) is 25.6. The van der Waals surface area contributed by atoms with Crippen molar-refractivity contribution in [2.75, 3.05) is 0 Å². The number of fused-ring (bicyclic) bond motifs is 1. The van der Waals surface area contributed by atoms with Gasteiger partial charge in [0.1, 0.15) is 5.69 Å². The SMILES string of the molecule is Cc1ccc(C(C)(C)C)cc1-c1n(-c2ccc(-c3ccccc3)cc2)c2cc(C(C)C)ccc2[n+]1C. The van der Waals surface area contributed by atoms with E-state index in [0.29, 0.717) is 5.92 Å². The van der Waals surface area contributed by atoms with Gasteiger partial charge in [0.15, 0.2) is 11.0 Å². The normalized spacial score (nSPS) is 12.0. The summed E-state index contributed by atoms with van der Waals surface area (Å²) in [6.07, 6.45) is 0. The minimum absolute atomic E-state index is 0.0833. The fourth-order valence-corrected chi connectivity index (χ4v) is 5.07. The van der Waals surface area contributed by atoms with Crippen molar-refractivity contribution in [3.63, 3.8) is 0 Å². The molecule has 0 atom stereocenters. The topological polar surface area (TPSA) is 8.81 Å². The van der Waals surface area contributed by atoms with E-state index >= 15 is 0 Å². The number of aryl methyl sites for hydroxylation is 2. The molecule has 182 valence electrons. The Bertz CT molecular complexity index is 1530. The van der Waals surface area contributed by atoms with E-state index in [1.54, 1.807) is 0 Å². The Balaban J connectivity index is 1.79. The molecule has 0 aliphatic heterocycles. The first kappa shape index (κ1) is 24.1. The molecule has 1 heterocycles. The monoisotopic (exact) mass is 473 g/mol. The van der Waals surface area contributed by atoms with Crippen LogP contribution in [0.3, 0.4) is 0 Å². The van der Waals surface area contributed by atoms with Gasteiger partial charge in [-0.2, -0.15) is 4.57 Å². The molecule has 1 aromatic heterocycles. The van der Waals surface area contributed by atoms with Crippen LogP contribution in [0.15, 0.2) is 91.0 Å². The van der Waals surface area contributed by atoms with Crippen molar-refractivity contribution >= 4 is 11.0 Å². The smallest absolute Gasteiger partial charge is 0.225 e. The molecular formula is C34H37N2+. The van der Waals surface area contributed by atoms with Gasteiger partial charge in [-0.1, -0.05) is 95.3 Å². The first-order valence-electron chi connectivity index (χ1n) is 13.0. The van der Waals surface area contributed by atoms with E-state index in [1.807, 2.05) is 0 Å². The van der Waals surface area contributed by atoms with Crippen molar-refractivity contribution in [3.8, 4) is 28.2 Å². The van der Waals surface area contributed by atoms with E-state index in [9.17, 15) is 0 Å². The minimum atomic E-state index is 0.0833. The van der Waals surface area contributed by atoms with Gasteiger partial charge in [-0.3, -0.25) is 0 Å². The Hall–Kier alpha value is -3.65. The van der Waals surface area contributed by atoms with E-state index in [0.717, 1.165) is 0 Å². The molecule has 4 aromatic carbocycles. The van der Waals surface area contributed by atoms with Crippen LogP contribution >= 0.6 is 0 Å². The van der Waals surface area contributed by atoms with Gasteiger partial charge in [-0.05, 0) is 76.4 Å². The van der Waals surface area contributed by atoms with E-state index in [-0.39, 0.29) is 5.41 Å². The molecule has 0 bridgehead atoms. The molecule has 2 heteroatoms. The van der Waals surface area contributed by atoms with Crippen LogP contribution in [0.5, 0.6) is 0 Å². The summed E-state index contributed by atoms with van der Waals surface area (Å²) in [7, 11) is 2.20. The second kappa shape index (κ2) is 9.09. The number of imidazole rings is 1. The second-order valence-corrected chi connectivity index (χ2v) is 11.3. The highest BCUT2D eigenvalue weighted by atomic mass is 15.2. The maximum atomic E-state index is 2.45. The van der Waals surface area contributed by atoms with Gasteiger partial charge in [-0.15, -0.1) is 0 Å². The number of hydrogen-bond donors (Lipinski definition) is 0. The summed E-state index contributed by atoms with van der Waals surface area (Å²) in [4.78, 5) is 0. The van der Waals surface area contributed by atoms with Gasteiger partial charge >= 0.3 is 0 Å². The van der Waals surface area contributed by atoms with Crippen LogP contribution in [0.1, 0.15) is 57.2 Å². The predicted molar refractivity (Wildman–Crippen MR) is 153 cm³/mol. The molecule has 0 saturated carbocycles. The summed E-state index contributed by atoms with van der Waals surface area (Å²) in [6.45, 7) is 13.6. The fraction of sp³-hybridized carbons (Fsp3) is 0.265. The van der Waals surface area contributed by atoms with Crippen molar-refractivity contribution in [1.29, 1.82) is 0 Å². The first-order valence-corrected chi connectivity index (χ1v) is 13.0. The quantitative estimate of drug-likeness (QED) is 0.231. The molecule has 5 rings (SSSR count). The van der Waals surface area contributed by atoms with Crippen LogP contribution in [0, 0.1) is 6.92 Å². The molecule has 0 N–H and O–H groups in total. The average molecular weight is 474 g/mol. The largest absolute Gasteiger partial charge is 0.295 e. The number of benzene rings is 4. The minimum Gasteiger partial charge on any atom is -0.225 e. The van der Waals surface area contributed by atoms with Gasteiger partial charge in [0.05, 0.1) is 12.6 Å². The molecule has 2 nitrogen and oxygen atoms in total. The first-order chi connectivity index (χ1) is 17.1. The lowest BCUT2D eigenvalue weighted by Gasteiger charge is -2.20. The Morgan fingerprint density at radius 2 is 1.42 bits per heavy atom. The number of rotatable bonds is 4. The molecule has 0 aliphatic rings. The Labute approximate surface area is 215 Å². The predicted octanol–water partition coefficient (Wildman–Crippen LogP) is 8.52. The summed E-state index contributed by atoms with van der Waals surface area (Å²) in [5.74, 6) is 1.68. The second-order valence-electron chi connectivity index (χ2n) is 11.3. The van der Waals surface area contributed by atoms with Gasteiger partial charge in [0, 0.05) is 0 Å². The van der Waals surface area contributed by atoms with Crippen LogP contribution in [-0.2, 0) is 12.5 Å². The standard InChI is InChI=1S/C34H37N2/c1-23(2)27-16-20-31-32(21-27)36(29-18-14-26(15-19-29)25-11-9-8-10-12-25)33(35(31)7)30-22-28(34(4,5)6)17-13-24(30)3/h8-23H,1-7H3/q+1.